The van der Waals surface area contributed by atoms with Crippen molar-refractivity contribution < 1.29 is 41.8 Å². The van der Waals surface area contributed by atoms with Gasteiger partial charge in [-0.15, -0.1) is 0 Å². The van der Waals surface area contributed by atoms with Gasteiger partial charge in [-0.3, -0.25) is 14.5 Å². The van der Waals surface area contributed by atoms with Crippen LogP contribution in [-0.4, -0.2) is 77.5 Å². The van der Waals surface area contributed by atoms with Crippen LogP contribution in [0.15, 0.2) is 30.5 Å². The third-order valence-electron chi connectivity index (χ3n) is 6.40. The summed E-state index contributed by atoms with van der Waals surface area (Å²) in [4.78, 5) is 57.0. The van der Waals surface area contributed by atoms with E-state index >= 15 is 0 Å². The van der Waals surface area contributed by atoms with Crippen LogP contribution in [0, 0.1) is 0 Å². The molecule has 40 heavy (non-hydrogen) atoms. The second-order valence-corrected chi connectivity index (χ2v) is 9.44. The summed E-state index contributed by atoms with van der Waals surface area (Å²) in [5, 5.41) is 3.02. The Kier molecular flexibility index (Phi) is 11.4. The maximum absolute atomic E-state index is 12.8. The van der Waals surface area contributed by atoms with E-state index in [2.05, 4.69) is 20.0 Å². The van der Waals surface area contributed by atoms with Gasteiger partial charge in [0.2, 0.25) is 5.91 Å². The van der Waals surface area contributed by atoms with E-state index in [9.17, 15) is 32.3 Å². The molecule has 1 aliphatic rings. The molecule has 1 amide bonds. The molecular formula is C27H33F3N4O6. The number of carbonyl (C=O) groups excluding carboxylic acids is 4. The first kappa shape index (κ1) is 31.0. The van der Waals surface area contributed by atoms with Gasteiger partial charge in [0.1, 0.15) is 11.6 Å². The SMILES string of the molecule is CCC(=O)CCCCC[C@H](NC(=O)CN1CCOCC1)c1ncc(-c2cccc(C(=O)OC(=O)C(F)(F)F)c2)[nH]1. The van der Waals surface area contributed by atoms with E-state index in [1.165, 1.54) is 24.4 Å². The standard InChI is InChI=1S/C27H33F3N4O6/c1-2-20(35)9-4-3-5-10-21(32-23(36)17-34-11-13-39-14-12-34)24-31-16-22(33-24)18-7-6-8-19(15-18)25(37)40-26(38)27(28,29)30/h6-8,15-16,21H,2-5,9-14,17H2,1H3,(H,31,33)(H,32,36)/t21-/m0/s1. The number of esters is 2. The number of H-pyrrole nitrogens is 1. The van der Waals surface area contributed by atoms with E-state index in [1.54, 1.807) is 6.07 Å². The first-order chi connectivity index (χ1) is 19.1. The number of aromatic nitrogens is 2. The Morgan fingerprint density at radius 1 is 1.15 bits per heavy atom. The van der Waals surface area contributed by atoms with Crippen molar-refractivity contribution in [2.45, 2.75) is 57.7 Å². The van der Waals surface area contributed by atoms with Crippen molar-refractivity contribution >= 4 is 23.6 Å². The van der Waals surface area contributed by atoms with Crippen molar-refractivity contribution in [2.24, 2.45) is 0 Å². The largest absolute Gasteiger partial charge is 0.491 e. The van der Waals surface area contributed by atoms with Gasteiger partial charge >= 0.3 is 18.1 Å². The minimum absolute atomic E-state index is 0.176. The molecule has 13 heteroatoms. The van der Waals surface area contributed by atoms with Crippen LogP contribution >= 0.6 is 0 Å². The van der Waals surface area contributed by atoms with E-state index in [-0.39, 0.29) is 23.8 Å². The number of ketones is 1. The second kappa shape index (κ2) is 14.7. The number of Topliss-reactive ketones (excluding diaryl/α,β-unsaturated/α-hetero) is 1. The van der Waals surface area contributed by atoms with Crippen molar-refractivity contribution in [1.29, 1.82) is 0 Å². The summed E-state index contributed by atoms with van der Waals surface area (Å²) in [6.07, 6.45) is 0.0775. The number of alkyl halides is 3. The number of nitrogens with zero attached hydrogens (tertiary/aromatic N) is 2. The average Bonchev–Trinajstić information content (AvgIpc) is 3.42. The minimum atomic E-state index is -5.29. The van der Waals surface area contributed by atoms with Crippen LogP contribution in [0.1, 0.15) is 67.7 Å². The molecule has 1 aromatic heterocycles. The molecule has 0 aliphatic carbocycles. The van der Waals surface area contributed by atoms with Crippen molar-refractivity contribution in [3.63, 3.8) is 0 Å². The summed E-state index contributed by atoms with van der Waals surface area (Å²) in [5.41, 5.74) is 0.625. The summed E-state index contributed by atoms with van der Waals surface area (Å²) >= 11 is 0. The Balaban J connectivity index is 1.70. The average molecular weight is 567 g/mol. The fourth-order valence-electron chi connectivity index (χ4n) is 4.18. The smallest absolute Gasteiger partial charge is 0.383 e. The van der Waals surface area contributed by atoms with Crippen LogP contribution in [0.4, 0.5) is 13.2 Å². The Hall–Kier alpha value is -3.58. The van der Waals surface area contributed by atoms with Crippen molar-refractivity contribution in [1.82, 2.24) is 20.2 Å². The Morgan fingerprint density at radius 3 is 2.60 bits per heavy atom. The van der Waals surface area contributed by atoms with Gasteiger partial charge in [0.15, 0.2) is 0 Å². The van der Waals surface area contributed by atoms with Crippen molar-refractivity contribution in [2.75, 3.05) is 32.8 Å². The Labute approximate surface area is 229 Å². The lowest BCUT2D eigenvalue weighted by Crippen LogP contribution is -2.44. The normalized spacial score (nSPS) is 14.9. The highest BCUT2D eigenvalue weighted by atomic mass is 19.4. The fourth-order valence-corrected chi connectivity index (χ4v) is 4.18. The predicted octanol–water partition coefficient (Wildman–Crippen LogP) is 3.74. The van der Waals surface area contributed by atoms with E-state index in [0.29, 0.717) is 62.6 Å². The van der Waals surface area contributed by atoms with E-state index in [1.807, 2.05) is 11.8 Å². The maximum atomic E-state index is 12.8. The topological polar surface area (TPSA) is 131 Å². The maximum Gasteiger partial charge on any atom is 0.491 e. The van der Waals surface area contributed by atoms with Crippen molar-refractivity contribution in [3.05, 3.63) is 41.9 Å². The number of ether oxygens (including phenoxy) is 2. The molecule has 2 N–H and O–H groups in total. The Bertz CT molecular complexity index is 1180. The number of hydrogen-bond acceptors (Lipinski definition) is 8. The molecular weight excluding hydrogens is 533 g/mol. The molecule has 10 nitrogen and oxygen atoms in total. The number of rotatable bonds is 13. The van der Waals surface area contributed by atoms with Crippen LogP contribution in [-0.2, 0) is 23.9 Å². The van der Waals surface area contributed by atoms with E-state index in [0.717, 1.165) is 19.3 Å². The monoisotopic (exact) mass is 566 g/mol. The number of nitrogens with one attached hydrogen (secondary N) is 2. The quantitative estimate of drug-likeness (QED) is 0.213. The summed E-state index contributed by atoms with van der Waals surface area (Å²) < 4.78 is 46.6. The van der Waals surface area contributed by atoms with Crippen LogP contribution in [0.2, 0.25) is 0 Å². The summed E-state index contributed by atoms with van der Waals surface area (Å²) in [7, 11) is 0. The highest BCUT2D eigenvalue weighted by molar-refractivity contribution is 5.98. The van der Waals surface area contributed by atoms with Gasteiger partial charge in [-0.1, -0.05) is 31.9 Å². The van der Waals surface area contributed by atoms with Crippen LogP contribution in [0.25, 0.3) is 11.3 Å². The highest BCUT2D eigenvalue weighted by Crippen LogP contribution is 2.24. The Morgan fingerprint density at radius 2 is 1.90 bits per heavy atom. The number of aromatic amines is 1. The molecule has 2 heterocycles. The molecule has 0 radical (unpaired) electrons. The molecule has 0 saturated carbocycles. The van der Waals surface area contributed by atoms with Gasteiger partial charge in [-0.05, 0) is 25.0 Å². The molecule has 0 bridgehead atoms. The number of hydrogen-bond donors (Lipinski definition) is 2. The summed E-state index contributed by atoms with van der Waals surface area (Å²) in [5.74, 6) is -3.53. The molecule has 2 aromatic rings. The number of benzene rings is 1. The number of morpholine rings is 1. The van der Waals surface area contributed by atoms with E-state index < -0.39 is 24.2 Å². The predicted molar refractivity (Wildman–Crippen MR) is 137 cm³/mol. The molecule has 0 unspecified atom stereocenters. The zero-order chi connectivity index (χ0) is 29.1. The highest BCUT2D eigenvalue weighted by Gasteiger charge is 2.42. The van der Waals surface area contributed by atoms with Crippen molar-refractivity contribution in [3.8, 4) is 11.3 Å². The molecule has 3 rings (SSSR count). The number of halogens is 3. The summed E-state index contributed by atoms with van der Waals surface area (Å²) in [6.45, 7) is 4.47. The van der Waals surface area contributed by atoms with Gasteiger partial charge in [0.05, 0.1) is 43.3 Å². The lowest BCUT2D eigenvalue weighted by Gasteiger charge is -2.26. The molecule has 1 saturated heterocycles. The van der Waals surface area contributed by atoms with Gasteiger partial charge < -0.3 is 19.8 Å². The molecule has 1 aromatic carbocycles. The lowest BCUT2D eigenvalue weighted by atomic mass is 10.0. The molecule has 1 atom stereocenters. The van der Waals surface area contributed by atoms with E-state index in [4.69, 9.17) is 4.74 Å². The lowest BCUT2D eigenvalue weighted by molar-refractivity contribution is -0.193. The fraction of sp³-hybridized carbons (Fsp3) is 0.519. The number of amides is 1. The third-order valence-corrected chi connectivity index (χ3v) is 6.40. The van der Waals surface area contributed by atoms with Crippen LogP contribution < -0.4 is 5.32 Å². The van der Waals surface area contributed by atoms with Crippen LogP contribution in [0.3, 0.4) is 0 Å². The van der Waals surface area contributed by atoms with Crippen LogP contribution in [0.5, 0.6) is 0 Å². The van der Waals surface area contributed by atoms with Gasteiger partial charge in [0, 0.05) is 31.5 Å². The number of unbranched alkanes of at least 4 members (excludes halogenated alkanes) is 2. The molecule has 1 fully saturated rings. The zero-order valence-corrected chi connectivity index (χ0v) is 22.2. The van der Waals surface area contributed by atoms with Gasteiger partial charge in [0.25, 0.3) is 0 Å². The first-order valence-electron chi connectivity index (χ1n) is 13.2. The summed E-state index contributed by atoms with van der Waals surface area (Å²) in [6, 6.07) is 5.09. The zero-order valence-electron chi connectivity index (χ0n) is 22.2. The molecule has 1 aliphatic heterocycles. The number of carbonyl (C=O) groups is 4. The van der Waals surface area contributed by atoms with Gasteiger partial charge in [-0.2, -0.15) is 13.2 Å². The van der Waals surface area contributed by atoms with Gasteiger partial charge in [-0.25, -0.2) is 14.6 Å². The third kappa shape index (κ3) is 9.56. The second-order valence-electron chi connectivity index (χ2n) is 9.44. The minimum Gasteiger partial charge on any atom is -0.383 e. The first-order valence-corrected chi connectivity index (χ1v) is 13.2. The molecule has 0 spiro atoms. The molecule has 218 valence electrons. The number of imidazole rings is 1.